The number of benzene rings is 1. The van der Waals surface area contributed by atoms with E-state index < -0.39 is 0 Å². The summed E-state index contributed by atoms with van der Waals surface area (Å²) >= 11 is 11.9. The fourth-order valence-corrected chi connectivity index (χ4v) is 2.17. The Morgan fingerprint density at radius 2 is 2.00 bits per heavy atom. The molecule has 21 heavy (non-hydrogen) atoms. The lowest BCUT2D eigenvalue weighted by molar-refractivity contribution is 0.102. The smallest absolute Gasteiger partial charge is 0.275 e. The Bertz CT molecular complexity index is 687. The van der Waals surface area contributed by atoms with Crippen molar-refractivity contribution in [3.8, 4) is 0 Å². The third-order valence-corrected chi connectivity index (χ3v) is 3.44. The number of amides is 1. The molecule has 0 aliphatic heterocycles. The normalized spacial score (nSPS) is 10.8. The Labute approximate surface area is 133 Å². The lowest BCUT2D eigenvalue weighted by atomic mass is 10.2. The highest BCUT2D eigenvalue weighted by atomic mass is 35.5. The molecule has 6 heteroatoms. The molecule has 0 bridgehead atoms. The average molecular weight is 324 g/mol. The number of halogens is 2. The van der Waals surface area contributed by atoms with Crippen LogP contribution in [-0.2, 0) is 0 Å². The van der Waals surface area contributed by atoms with E-state index in [0.29, 0.717) is 16.5 Å². The second-order valence-electron chi connectivity index (χ2n) is 4.99. The van der Waals surface area contributed by atoms with E-state index in [2.05, 4.69) is 15.3 Å². The van der Waals surface area contributed by atoms with Crippen LogP contribution in [-0.4, -0.2) is 15.9 Å². The van der Waals surface area contributed by atoms with Gasteiger partial charge in [0.05, 0.1) is 11.2 Å². The maximum absolute atomic E-state index is 12.3. The average Bonchev–Trinajstić information content (AvgIpc) is 2.42. The number of nitrogens with zero attached hydrogens (tertiary/aromatic N) is 2. The molecule has 2 aromatic rings. The number of anilines is 1. The van der Waals surface area contributed by atoms with Crippen molar-refractivity contribution >= 4 is 34.8 Å². The summed E-state index contributed by atoms with van der Waals surface area (Å²) in [5, 5.41) is 3.63. The number of nitrogens with one attached hydrogen (secondary N) is 1. The Balaban J connectivity index is 2.30. The van der Waals surface area contributed by atoms with Crippen LogP contribution in [0.25, 0.3) is 0 Å². The van der Waals surface area contributed by atoms with Gasteiger partial charge in [-0.15, -0.1) is 0 Å². The zero-order chi connectivity index (χ0) is 15.6. The second-order valence-corrected chi connectivity index (χ2v) is 5.84. The molecule has 1 aromatic heterocycles. The molecule has 0 aliphatic carbocycles. The minimum absolute atomic E-state index is 0.117. The zero-order valence-corrected chi connectivity index (χ0v) is 13.5. The molecule has 1 amide bonds. The van der Waals surface area contributed by atoms with E-state index in [-0.39, 0.29) is 22.5 Å². The minimum atomic E-state index is -0.366. The first kappa shape index (κ1) is 15.7. The molecule has 0 fully saturated rings. The van der Waals surface area contributed by atoms with Crippen LogP contribution in [0.15, 0.2) is 24.4 Å². The number of hydrogen-bond donors (Lipinski definition) is 1. The minimum Gasteiger partial charge on any atom is -0.320 e. The lowest BCUT2D eigenvalue weighted by Gasteiger charge is -2.10. The van der Waals surface area contributed by atoms with E-state index in [9.17, 15) is 4.79 Å². The van der Waals surface area contributed by atoms with E-state index in [4.69, 9.17) is 23.2 Å². The van der Waals surface area contributed by atoms with Crippen LogP contribution < -0.4 is 5.32 Å². The fraction of sp³-hybridized carbons (Fsp3) is 0.267. The molecule has 1 heterocycles. The number of carbonyl (C=O) groups is 1. The monoisotopic (exact) mass is 323 g/mol. The number of carbonyl (C=O) groups excluding carboxylic acids is 1. The molecule has 2 rings (SSSR count). The number of aryl methyl sites for hydroxylation is 1. The predicted molar refractivity (Wildman–Crippen MR) is 85.3 cm³/mol. The van der Waals surface area contributed by atoms with Crippen molar-refractivity contribution in [3.63, 3.8) is 0 Å². The highest BCUT2D eigenvalue weighted by Gasteiger charge is 2.16. The van der Waals surface area contributed by atoms with Crippen LogP contribution in [0, 0.1) is 6.92 Å². The summed E-state index contributed by atoms with van der Waals surface area (Å²) in [5.41, 5.74) is 1.71. The van der Waals surface area contributed by atoms with Crippen molar-refractivity contribution in [2.75, 3.05) is 5.32 Å². The van der Waals surface area contributed by atoms with Crippen molar-refractivity contribution in [3.05, 3.63) is 51.5 Å². The van der Waals surface area contributed by atoms with E-state index >= 15 is 0 Å². The van der Waals surface area contributed by atoms with Gasteiger partial charge in [-0.05, 0) is 30.7 Å². The second kappa shape index (κ2) is 6.41. The first-order valence-electron chi connectivity index (χ1n) is 6.48. The van der Waals surface area contributed by atoms with Crippen LogP contribution in [0.1, 0.15) is 41.6 Å². The van der Waals surface area contributed by atoms with Gasteiger partial charge >= 0.3 is 0 Å². The van der Waals surface area contributed by atoms with Crippen molar-refractivity contribution in [1.29, 1.82) is 0 Å². The van der Waals surface area contributed by atoms with Crippen molar-refractivity contribution in [2.24, 2.45) is 0 Å². The van der Waals surface area contributed by atoms with Crippen LogP contribution >= 0.6 is 23.2 Å². The molecule has 1 aromatic carbocycles. The summed E-state index contributed by atoms with van der Waals surface area (Å²) in [7, 11) is 0. The fourth-order valence-electron chi connectivity index (χ4n) is 1.77. The summed E-state index contributed by atoms with van der Waals surface area (Å²) in [6, 6.07) is 5.23. The van der Waals surface area contributed by atoms with Gasteiger partial charge in [-0.2, -0.15) is 0 Å². The van der Waals surface area contributed by atoms with E-state index in [1.165, 1.54) is 6.20 Å². The maximum Gasteiger partial charge on any atom is 0.275 e. The van der Waals surface area contributed by atoms with Crippen LogP contribution in [0.2, 0.25) is 10.0 Å². The zero-order valence-electron chi connectivity index (χ0n) is 11.9. The Morgan fingerprint density at radius 3 is 2.62 bits per heavy atom. The van der Waals surface area contributed by atoms with E-state index in [1.807, 2.05) is 20.8 Å². The molecule has 110 valence electrons. The summed E-state index contributed by atoms with van der Waals surface area (Å²) in [5.74, 6) is 0.332. The summed E-state index contributed by atoms with van der Waals surface area (Å²) < 4.78 is 0. The molecular formula is C15H15Cl2N3O. The molecule has 0 saturated carbocycles. The highest BCUT2D eigenvalue weighted by Crippen LogP contribution is 2.22. The van der Waals surface area contributed by atoms with Crippen LogP contribution in [0.4, 0.5) is 5.69 Å². The van der Waals surface area contributed by atoms with Crippen LogP contribution in [0.3, 0.4) is 0 Å². The largest absolute Gasteiger partial charge is 0.320 e. The molecule has 0 radical (unpaired) electrons. The van der Waals surface area contributed by atoms with E-state index in [1.54, 1.807) is 18.2 Å². The van der Waals surface area contributed by atoms with E-state index in [0.717, 1.165) is 5.56 Å². The van der Waals surface area contributed by atoms with Crippen molar-refractivity contribution in [1.82, 2.24) is 9.97 Å². The van der Waals surface area contributed by atoms with Crippen molar-refractivity contribution < 1.29 is 4.79 Å². The molecule has 0 atom stereocenters. The first-order chi connectivity index (χ1) is 9.88. The number of aromatic nitrogens is 2. The summed E-state index contributed by atoms with van der Waals surface area (Å²) in [4.78, 5) is 20.7. The van der Waals surface area contributed by atoms with Gasteiger partial charge < -0.3 is 5.32 Å². The standard InChI is InChI=1S/C15H15Cl2N3O/c1-8(2)14-18-7-11(17)13(20-14)15(21)19-12-5-4-10(16)6-9(12)3/h4-8H,1-3H3,(H,19,21). The number of hydrogen-bond acceptors (Lipinski definition) is 3. The molecule has 0 spiro atoms. The first-order valence-corrected chi connectivity index (χ1v) is 7.24. The molecule has 0 aliphatic rings. The predicted octanol–water partition coefficient (Wildman–Crippen LogP) is 4.47. The molecule has 1 N–H and O–H groups in total. The SMILES string of the molecule is Cc1cc(Cl)ccc1NC(=O)c1nc(C(C)C)ncc1Cl. The maximum atomic E-state index is 12.3. The van der Waals surface area contributed by atoms with Gasteiger partial charge in [-0.3, -0.25) is 4.79 Å². The van der Waals surface area contributed by atoms with Gasteiger partial charge in [0.15, 0.2) is 5.69 Å². The van der Waals surface area contributed by atoms with Gasteiger partial charge in [0, 0.05) is 16.6 Å². The molecule has 0 saturated heterocycles. The van der Waals surface area contributed by atoms with Gasteiger partial charge in [-0.1, -0.05) is 37.0 Å². The number of rotatable bonds is 3. The van der Waals surface area contributed by atoms with Gasteiger partial charge in [0.1, 0.15) is 5.82 Å². The van der Waals surface area contributed by atoms with Crippen molar-refractivity contribution in [2.45, 2.75) is 26.7 Å². The lowest BCUT2D eigenvalue weighted by Crippen LogP contribution is -2.16. The van der Waals surface area contributed by atoms with Gasteiger partial charge in [0.25, 0.3) is 5.91 Å². The summed E-state index contributed by atoms with van der Waals surface area (Å²) in [6.07, 6.45) is 1.45. The third kappa shape index (κ3) is 3.71. The Hall–Kier alpha value is -1.65. The van der Waals surface area contributed by atoms with Gasteiger partial charge in [0.2, 0.25) is 0 Å². The Morgan fingerprint density at radius 1 is 1.29 bits per heavy atom. The molecule has 4 nitrogen and oxygen atoms in total. The molecule has 0 unspecified atom stereocenters. The van der Waals surface area contributed by atoms with Crippen LogP contribution in [0.5, 0.6) is 0 Å². The Kier molecular flexibility index (Phi) is 4.80. The molecular weight excluding hydrogens is 309 g/mol. The van der Waals surface area contributed by atoms with Gasteiger partial charge in [-0.25, -0.2) is 9.97 Å². The third-order valence-electron chi connectivity index (χ3n) is 2.93. The summed E-state index contributed by atoms with van der Waals surface area (Å²) in [6.45, 7) is 5.77. The highest BCUT2D eigenvalue weighted by molar-refractivity contribution is 6.34. The quantitative estimate of drug-likeness (QED) is 0.906. The topological polar surface area (TPSA) is 54.9 Å².